The van der Waals surface area contributed by atoms with Crippen LogP contribution in [0.25, 0.3) is 10.9 Å². The average Bonchev–Trinajstić information content (AvgIpc) is 2.65. The van der Waals surface area contributed by atoms with Gasteiger partial charge >= 0.3 is 0 Å². The number of carbonyl (C=O) groups excluding carboxylic acids is 1. The van der Waals surface area contributed by atoms with E-state index in [-0.39, 0.29) is 5.91 Å². The van der Waals surface area contributed by atoms with Crippen molar-refractivity contribution in [1.29, 1.82) is 0 Å². The minimum absolute atomic E-state index is 0.0201. The molecule has 3 rings (SSSR count). The van der Waals surface area contributed by atoms with Crippen LogP contribution in [0.5, 0.6) is 0 Å². The topological polar surface area (TPSA) is 53.4 Å². The summed E-state index contributed by atoms with van der Waals surface area (Å²) in [6.45, 7) is 4.10. The van der Waals surface area contributed by atoms with Crippen LogP contribution in [-0.4, -0.2) is 33.5 Å². The monoisotopic (exact) mass is 362 g/mol. The fourth-order valence-electron chi connectivity index (χ4n) is 3.08. The molecular formula is C23H26N2O2. The summed E-state index contributed by atoms with van der Waals surface area (Å²) in [6.07, 6.45) is 3.22. The van der Waals surface area contributed by atoms with Crippen LogP contribution in [0.3, 0.4) is 0 Å². The van der Waals surface area contributed by atoms with Gasteiger partial charge in [-0.3, -0.25) is 9.78 Å². The van der Waals surface area contributed by atoms with Gasteiger partial charge in [-0.15, -0.1) is 0 Å². The number of benzene rings is 2. The zero-order valence-corrected chi connectivity index (χ0v) is 16.1. The van der Waals surface area contributed by atoms with Gasteiger partial charge in [-0.25, -0.2) is 0 Å². The summed E-state index contributed by atoms with van der Waals surface area (Å²) in [5.74, 6) is -0.0201. The third kappa shape index (κ3) is 5.14. The number of carbonyl (C=O) groups is 1. The van der Waals surface area contributed by atoms with Crippen molar-refractivity contribution >= 4 is 16.8 Å². The number of hydrogen-bond acceptors (Lipinski definition) is 3. The van der Waals surface area contributed by atoms with Gasteiger partial charge in [0.1, 0.15) is 0 Å². The molecule has 4 nitrogen and oxygen atoms in total. The highest BCUT2D eigenvalue weighted by Gasteiger charge is 2.15. The summed E-state index contributed by atoms with van der Waals surface area (Å²) in [7, 11) is 1.81. The maximum atomic E-state index is 12.8. The Morgan fingerprint density at radius 1 is 1.07 bits per heavy atom. The van der Waals surface area contributed by atoms with Gasteiger partial charge in [-0.2, -0.15) is 0 Å². The Kier molecular flexibility index (Phi) is 5.57. The van der Waals surface area contributed by atoms with Crippen molar-refractivity contribution in [3.8, 4) is 0 Å². The first-order valence-electron chi connectivity index (χ1n) is 9.22. The summed E-state index contributed by atoms with van der Waals surface area (Å²) in [6, 6.07) is 17.7. The highest BCUT2D eigenvalue weighted by Crippen LogP contribution is 2.17. The van der Waals surface area contributed by atoms with Crippen molar-refractivity contribution in [3.63, 3.8) is 0 Å². The van der Waals surface area contributed by atoms with Crippen LogP contribution in [-0.2, 0) is 13.0 Å². The van der Waals surface area contributed by atoms with E-state index in [1.54, 1.807) is 25.8 Å². The number of aromatic nitrogens is 1. The van der Waals surface area contributed by atoms with Crippen LogP contribution in [0, 0.1) is 0 Å². The highest BCUT2D eigenvalue weighted by molar-refractivity contribution is 5.94. The van der Waals surface area contributed by atoms with E-state index in [4.69, 9.17) is 0 Å². The molecule has 0 aliphatic heterocycles. The predicted octanol–water partition coefficient (Wildman–Crippen LogP) is 4.21. The molecule has 1 N–H and O–H groups in total. The molecule has 0 atom stereocenters. The number of rotatable bonds is 6. The molecule has 0 spiro atoms. The molecule has 2 aromatic carbocycles. The van der Waals surface area contributed by atoms with E-state index < -0.39 is 5.60 Å². The third-order valence-electron chi connectivity index (χ3n) is 4.61. The van der Waals surface area contributed by atoms with Gasteiger partial charge in [0.05, 0.1) is 11.1 Å². The van der Waals surface area contributed by atoms with Gasteiger partial charge in [0.2, 0.25) is 0 Å². The number of pyridine rings is 1. The van der Waals surface area contributed by atoms with E-state index >= 15 is 0 Å². The van der Waals surface area contributed by atoms with E-state index in [0.717, 1.165) is 28.5 Å². The van der Waals surface area contributed by atoms with Gasteiger partial charge in [0.25, 0.3) is 5.91 Å². The maximum absolute atomic E-state index is 12.8. The van der Waals surface area contributed by atoms with Crippen LogP contribution in [0.4, 0.5) is 0 Å². The third-order valence-corrected chi connectivity index (χ3v) is 4.61. The first kappa shape index (κ1) is 19.1. The second kappa shape index (κ2) is 7.89. The predicted molar refractivity (Wildman–Crippen MR) is 109 cm³/mol. The van der Waals surface area contributed by atoms with Crippen molar-refractivity contribution in [1.82, 2.24) is 9.88 Å². The second-order valence-electron chi connectivity index (χ2n) is 7.71. The van der Waals surface area contributed by atoms with Crippen LogP contribution >= 0.6 is 0 Å². The molecule has 1 amide bonds. The lowest BCUT2D eigenvalue weighted by atomic mass is 9.98. The standard InChI is InChI=1S/C23H26N2O2/c1-23(2,27)12-11-17-7-6-9-20(13-17)22(26)25(3)16-18-14-19-8-4-5-10-21(19)24-15-18/h4-10,13-15,27H,11-12,16H2,1-3H3. The number of aryl methyl sites for hydroxylation is 1. The summed E-state index contributed by atoms with van der Waals surface area (Å²) >= 11 is 0. The van der Waals surface area contributed by atoms with E-state index in [0.29, 0.717) is 18.5 Å². The Balaban J connectivity index is 1.70. The van der Waals surface area contributed by atoms with E-state index in [1.165, 1.54) is 0 Å². The van der Waals surface area contributed by atoms with Crippen molar-refractivity contribution in [2.45, 2.75) is 38.8 Å². The molecule has 4 heteroatoms. The van der Waals surface area contributed by atoms with Gasteiger partial charge in [-0.1, -0.05) is 30.3 Å². The van der Waals surface area contributed by atoms with Crippen molar-refractivity contribution < 1.29 is 9.90 Å². The number of nitrogens with zero attached hydrogens (tertiary/aromatic N) is 2. The van der Waals surface area contributed by atoms with E-state index in [1.807, 2.05) is 54.7 Å². The molecule has 3 aromatic rings. The largest absolute Gasteiger partial charge is 0.390 e. The molecule has 0 aliphatic rings. The molecule has 0 unspecified atom stereocenters. The Hall–Kier alpha value is -2.72. The molecule has 140 valence electrons. The van der Waals surface area contributed by atoms with Crippen molar-refractivity contribution in [3.05, 3.63) is 77.5 Å². The summed E-state index contributed by atoms with van der Waals surface area (Å²) in [5.41, 5.74) is 2.97. The number of para-hydroxylation sites is 1. The summed E-state index contributed by atoms with van der Waals surface area (Å²) in [5, 5.41) is 11.0. The Labute approximate surface area is 160 Å². The SMILES string of the molecule is CN(Cc1cnc2ccccc2c1)C(=O)c1cccc(CCC(C)(C)O)c1. The zero-order valence-electron chi connectivity index (χ0n) is 16.1. The Morgan fingerprint density at radius 3 is 2.63 bits per heavy atom. The first-order chi connectivity index (χ1) is 12.8. The molecule has 27 heavy (non-hydrogen) atoms. The Morgan fingerprint density at radius 2 is 1.85 bits per heavy atom. The van der Waals surface area contributed by atoms with Crippen LogP contribution in [0.1, 0.15) is 41.8 Å². The second-order valence-corrected chi connectivity index (χ2v) is 7.71. The molecule has 0 saturated carbocycles. The quantitative estimate of drug-likeness (QED) is 0.715. The molecule has 0 bridgehead atoms. The van der Waals surface area contributed by atoms with Gasteiger partial charge in [0, 0.05) is 30.7 Å². The van der Waals surface area contributed by atoms with Crippen LogP contribution < -0.4 is 0 Å². The molecular weight excluding hydrogens is 336 g/mol. The molecule has 0 fully saturated rings. The number of aliphatic hydroxyl groups is 1. The van der Waals surface area contributed by atoms with Crippen molar-refractivity contribution in [2.24, 2.45) is 0 Å². The minimum Gasteiger partial charge on any atom is -0.390 e. The summed E-state index contributed by atoms with van der Waals surface area (Å²) < 4.78 is 0. The molecule has 1 heterocycles. The molecule has 0 radical (unpaired) electrons. The Bertz CT molecular complexity index is 944. The van der Waals surface area contributed by atoms with Crippen molar-refractivity contribution in [2.75, 3.05) is 7.05 Å². The number of fused-ring (bicyclic) bond motifs is 1. The summed E-state index contributed by atoms with van der Waals surface area (Å²) in [4.78, 5) is 19.0. The van der Waals surface area contributed by atoms with Gasteiger partial charge in [0.15, 0.2) is 0 Å². The van der Waals surface area contributed by atoms with Crippen LogP contribution in [0.2, 0.25) is 0 Å². The zero-order chi connectivity index (χ0) is 19.4. The van der Waals surface area contributed by atoms with Gasteiger partial charge < -0.3 is 10.0 Å². The first-order valence-corrected chi connectivity index (χ1v) is 9.22. The highest BCUT2D eigenvalue weighted by atomic mass is 16.3. The minimum atomic E-state index is -0.708. The lowest BCUT2D eigenvalue weighted by molar-refractivity contribution is 0.0714. The lowest BCUT2D eigenvalue weighted by Gasteiger charge is -2.19. The van der Waals surface area contributed by atoms with Crippen LogP contribution in [0.15, 0.2) is 60.8 Å². The smallest absolute Gasteiger partial charge is 0.253 e. The average molecular weight is 362 g/mol. The normalized spacial score (nSPS) is 11.6. The van der Waals surface area contributed by atoms with E-state index in [9.17, 15) is 9.90 Å². The molecule has 1 aromatic heterocycles. The number of amides is 1. The van der Waals surface area contributed by atoms with Gasteiger partial charge in [-0.05, 0) is 62.1 Å². The lowest BCUT2D eigenvalue weighted by Crippen LogP contribution is -2.26. The molecule has 0 aliphatic carbocycles. The number of hydrogen-bond donors (Lipinski definition) is 1. The fraction of sp³-hybridized carbons (Fsp3) is 0.304. The van der Waals surface area contributed by atoms with E-state index in [2.05, 4.69) is 11.1 Å². The maximum Gasteiger partial charge on any atom is 0.253 e. The fourth-order valence-corrected chi connectivity index (χ4v) is 3.08. The molecule has 0 saturated heterocycles.